The molecule has 0 aliphatic rings. The van der Waals surface area contributed by atoms with Crippen LogP contribution in [0.3, 0.4) is 0 Å². The van der Waals surface area contributed by atoms with E-state index >= 15 is 0 Å². The number of carbonyl (C=O) groups excluding carboxylic acids is 1. The summed E-state index contributed by atoms with van der Waals surface area (Å²) < 4.78 is 26.6. The van der Waals surface area contributed by atoms with Crippen molar-refractivity contribution in [3.8, 4) is 0 Å². The molecule has 0 unspecified atom stereocenters. The zero-order chi connectivity index (χ0) is 13.6. The molecule has 5 nitrogen and oxygen atoms in total. The topological polar surface area (TPSA) is 71.3 Å². The van der Waals surface area contributed by atoms with Gasteiger partial charge in [-0.3, -0.25) is 9.59 Å². The molecule has 0 aliphatic carbocycles. The van der Waals surface area contributed by atoms with Crippen LogP contribution < -0.4 is 10.9 Å². The quantitative estimate of drug-likeness (QED) is 0.755. The van der Waals surface area contributed by atoms with Gasteiger partial charge in [0.05, 0.1) is 6.54 Å². The normalized spacial score (nSPS) is 11.3. The van der Waals surface area contributed by atoms with Crippen molar-refractivity contribution in [2.24, 2.45) is 0 Å². The molecular formula is C11H14F2N2O3. The highest BCUT2D eigenvalue weighted by atomic mass is 19.3. The van der Waals surface area contributed by atoms with Gasteiger partial charge in [0, 0.05) is 25.2 Å². The minimum Gasteiger partial charge on any atom is -0.390 e. The predicted molar refractivity (Wildman–Crippen MR) is 60.4 cm³/mol. The number of rotatable bonds is 6. The molecule has 1 aromatic heterocycles. The molecule has 100 valence electrons. The molecule has 0 bridgehead atoms. The molecule has 0 fully saturated rings. The van der Waals surface area contributed by atoms with E-state index in [1.165, 1.54) is 16.8 Å². The van der Waals surface area contributed by atoms with Crippen LogP contribution in [0.25, 0.3) is 0 Å². The first-order valence-electron chi connectivity index (χ1n) is 5.35. The molecule has 7 heteroatoms. The van der Waals surface area contributed by atoms with Crippen LogP contribution >= 0.6 is 0 Å². The lowest BCUT2D eigenvalue weighted by atomic mass is 10.3. The summed E-state index contributed by atoms with van der Waals surface area (Å²) in [7, 11) is 0. The van der Waals surface area contributed by atoms with Gasteiger partial charge in [0.15, 0.2) is 0 Å². The van der Waals surface area contributed by atoms with Crippen LogP contribution in [0.15, 0.2) is 29.2 Å². The van der Waals surface area contributed by atoms with E-state index < -0.39 is 25.0 Å². The lowest BCUT2D eigenvalue weighted by molar-refractivity contribution is -0.124. The lowest BCUT2D eigenvalue weighted by Gasteiger charge is -2.14. The highest BCUT2D eigenvalue weighted by molar-refractivity contribution is 5.75. The zero-order valence-electron chi connectivity index (χ0n) is 9.60. The number of amides is 1. The summed E-state index contributed by atoms with van der Waals surface area (Å²) in [5.41, 5.74) is -0.258. The number of aromatic nitrogens is 1. The van der Waals surface area contributed by atoms with Gasteiger partial charge < -0.3 is 15.0 Å². The number of halogens is 2. The van der Waals surface area contributed by atoms with Crippen LogP contribution in [0.2, 0.25) is 0 Å². The summed E-state index contributed by atoms with van der Waals surface area (Å²) >= 11 is 0. The van der Waals surface area contributed by atoms with E-state index in [9.17, 15) is 18.4 Å². The summed E-state index contributed by atoms with van der Waals surface area (Å²) in [4.78, 5) is 22.5. The molecule has 1 amide bonds. The summed E-state index contributed by atoms with van der Waals surface area (Å²) in [6.45, 7) is -2.10. The monoisotopic (exact) mass is 260 g/mol. The van der Waals surface area contributed by atoms with E-state index in [0.29, 0.717) is 0 Å². The average molecular weight is 260 g/mol. The molecule has 0 radical (unpaired) electrons. The third-order valence-electron chi connectivity index (χ3n) is 2.25. The minimum atomic E-state index is -3.32. The van der Waals surface area contributed by atoms with Gasteiger partial charge in [-0.2, -0.15) is 0 Å². The number of nitrogens with one attached hydrogen (secondary N) is 1. The summed E-state index contributed by atoms with van der Waals surface area (Å²) in [6, 6.07) is 4.55. The smallest absolute Gasteiger partial charge is 0.287 e. The Morgan fingerprint density at radius 3 is 2.78 bits per heavy atom. The van der Waals surface area contributed by atoms with E-state index in [1.807, 2.05) is 5.32 Å². The average Bonchev–Trinajstić information content (AvgIpc) is 2.35. The Kier molecular flexibility index (Phi) is 4.96. The van der Waals surface area contributed by atoms with Crippen molar-refractivity contribution in [3.05, 3.63) is 34.7 Å². The zero-order valence-corrected chi connectivity index (χ0v) is 9.60. The molecule has 1 rings (SSSR count). The molecule has 0 aromatic carbocycles. The summed E-state index contributed by atoms with van der Waals surface area (Å²) in [6.07, 6.45) is 1.43. The largest absolute Gasteiger partial charge is 0.390 e. The van der Waals surface area contributed by atoms with Crippen molar-refractivity contribution >= 4 is 5.91 Å². The molecule has 1 heterocycles. The molecule has 0 saturated carbocycles. The molecule has 0 spiro atoms. The Morgan fingerprint density at radius 2 is 2.17 bits per heavy atom. The van der Waals surface area contributed by atoms with Crippen LogP contribution in [0.4, 0.5) is 8.78 Å². The second-order valence-electron chi connectivity index (χ2n) is 3.77. The van der Waals surface area contributed by atoms with E-state index in [1.54, 1.807) is 12.1 Å². The van der Waals surface area contributed by atoms with E-state index in [2.05, 4.69) is 0 Å². The second-order valence-corrected chi connectivity index (χ2v) is 3.77. The van der Waals surface area contributed by atoms with Crippen LogP contribution in [0.5, 0.6) is 0 Å². The van der Waals surface area contributed by atoms with Crippen molar-refractivity contribution in [1.29, 1.82) is 0 Å². The second kappa shape index (κ2) is 6.25. The van der Waals surface area contributed by atoms with E-state index in [0.717, 1.165) is 0 Å². The van der Waals surface area contributed by atoms with Crippen LogP contribution in [-0.4, -0.2) is 34.7 Å². The van der Waals surface area contributed by atoms with Gasteiger partial charge in [0.25, 0.3) is 11.5 Å². The number of nitrogens with zero attached hydrogens (tertiary/aromatic N) is 1. The fraction of sp³-hybridized carbons (Fsp3) is 0.455. The number of aryl methyl sites for hydroxylation is 1. The maximum Gasteiger partial charge on any atom is 0.287 e. The van der Waals surface area contributed by atoms with E-state index in [4.69, 9.17) is 5.11 Å². The lowest BCUT2D eigenvalue weighted by Crippen LogP contribution is -2.39. The first-order valence-corrected chi connectivity index (χ1v) is 5.35. The SMILES string of the molecule is O=C(CCn1ccccc1=O)NCC(F)(F)CO. The highest BCUT2D eigenvalue weighted by Crippen LogP contribution is 2.09. The summed E-state index contributed by atoms with van der Waals surface area (Å²) in [5, 5.41) is 10.3. The van der Waals surface area contributed by atoms with Gasteiger partial charge in [-0.1, -0.05) is 6.07 Å². The minimum absolute atomic E-state index is 0.0779. The van der Waals surface area contributed by atoms with Crippen molar-refractivity contribution in [1.82, 2.24) is 9.88 Å². The van der Waals surface area contributed by atoms with E-state index in [-0.39, 0.29) is 18.5 Å². The first kappa shape index (κ1) is 14.3. The Balaban J connectivity index is 2.39. The fourth-order valence-corrected chi connectivity index (χ4v) is 1.24. The molecular weight excluding hydrogens is 246 g/mol. The molecule has 1 aromatic rings. The van der Waals surface area contributed by atoms with Crippen LogP contribution in [0, 0.1) is 0 Å². The number of hydrogen-bond donors (Lipinski definition) is 2. The van der Waals surface area contributed by atoms with Crippen LogP contribution in [0.1, 0.15) is 6.42 Å². The number of pyridine rings is 1. The number of carbonyl (C=O) groups is 1. The van der Waals surface area contributed by atoms with Crippen molar-refractivity contribution in [2.45, 2.75) is 18.9 Å². The first-order chi connectivity index (χ1) is 8.44. The van der Waals surface area contributed by atoms with Crippen LogP contribution in [-0.2, 0) is 11.3 Å². The maximum atomic E-state index is 12.6. The standard InChI is InChI=1S/C11H14F2N2O3/c12-11(13,8-16)7-14-9(17)4-6-15-5-2-1-3-10(15)18/h1-3,5,16H,4,6-8H2,(H,14,17). The number of hydrogen-bond acceptors (Lipinski definition) is 3. The number of alkyl halides is 2. The third kappa shape index (κ3) is 4.62. The molecule has 0 aliphatic heterocycles. The molecule has 0 saturated heterocycles. The highest BCUT2D eigenvalue weighted by Gasteiger charge is 2.27. The van der Waals surface area contributed by atoms with Gasteiger partial charge in [0.2, 0.25) is 5.91 Å². The van der Waals surface area contributed by atoms with Gasteiger partial charge in [-0.25, -0.2) is 8.78 Å². The molecule has 18 heavy (non-hydrogen) atoms. The fourth-order valence-electron chi connectivity index (χ4n) is 1.24. The molecule has 2 N–H and O–H groups in total. The molecule has 0 atom stereocenters. The Bertz CT molecular complexity index is 460. The third-order valence-corrected chi connectivity index (χ3v) is 2.25. The Morgan fingerprint density at radius 1 is 1.44 bits per heavy atom. The van der Waals surface area contributed by atoms with Gasteiger partial charge in [-0.15, -0.1) is 0 Å². The van der Waals surface area contributed by atoms with Gasteiger partial charge in [0.1, 0.15) is 6.61 Å². The van der Waals surface area contributed by atoms with Gasteiger partial charge >= 0.3 is 0 Å². The predicted octanol–water partition coefficient (Wildman–Crippen LogP) is -0.0178. The van der Waals surface area contributed by atoms with Crippen molar-refractivity contribution < 1.29 is 18.7 Å². The van der Waals surface area contributed by atoms with Crippen molar-refractivity contribution in [2.75, 3.05) is 13.2 Å². The van der Waals surface area contributed by atoms with Crippen molar-refractivity contribution in [3.63, 3.8) is 0 Å². The Labute approximate surface area is 102 Å². The maximum absolute atomic E-state index is 12.6. The summed E-state index contributed by atoms with van der Waals surface area (Å²) in [5.74, 6) is -3.92. The van der Waals surface area contributed by atoms with Gasteiger partial charge in [-0.05, 0) is 6.07 Å². The number of aliphatic hydroxyl groups is 1. The Hall–Kier alpha value is -1.76. The number of aliphatic hydroxyl groups excluding tert-OH is 1.